The van der Waals surface area contributed by atoms with Gasteiger partial charge in [-0.05, 0) is 24.8 Å². The van der Waals surface area contributed by atoms with Gasteiger partial charge in [0.25, 0.3) is 0 Å². The number of para-hydroxylation sites is 1. The first-order valence-electron chi connectivity index (χ1n) is 8.29. The average molecular weight is 403 g/mol. The van der Waals surface area contributed by atoms with Crippen molar-refractivity contribution < 1.29 is 0 Å². The lowest BCUT2D eigenvalue weighted by Gasteiger charge is -2.34. The van der Waals surface area contributed by atoms with Gasteiger partial charge in [-0.3, -0.25) is 0 Å². The number of rotatable bonds is 1. The summed E-state index contributed by atoms with van der Waals surface area (Å²) in [5.74, 6) is 0. The SMILES string of the molecule is CN1CCN(c2cccc3c2=Nc2c(Cl)sc(Cl)c2/C(=C\C#N)C=3)CC1. The fraction of sp³-hybridized carbons (Fsp3) is 0.263. The van der Waals surface area contributed by atoms with Crippen LogP contribution in [0.5, 0.6) is 0 Å². The number of fused-ring (bicyclic) bond motifs is 2. The topological polar surface area (TPSA) is 42.6 Å². The van der Waals surface area contributed by atoms with Crippen LogP contribution >= 0.6 is 34.5 Å². The third-order valence-corrected chi connectivity index (χ3v) is 6.32. The summed E-state index contributed by atoms with van der Waals surface area (Å²) in [5, 5.41) is 11.1. The molecule has 0 aliphatic carbocycles. The molecule has 4 rings (SSSR count). The molecule has 4 nitrogen and oxygen atoms in total. The maximum Gasteiger partial charge on any atom is 0.121 e. The third-order valence-electron chi connectivity index (χ3n) is 4.73. The Kier molecular flexibility index (Phi) is 4.76. The molecule has 1 fully saturated rings. The normalized spacial score (nSPS) is 18.4. The molecule has 0 radical (unpaired) electrons. The van der Waals surface area contributed by atoms with E-state index in [4.69, 9.17) is 28.2 Å². The van der Waals surface area contributed by atoms with E-state index in [0.29, 0.717) is 14.4 Å². The number of halogens is 2. The van der Waals surface area contributed by atoms with E-state index in [-0.39, 0.29) is 0 Å². The average Bonchev–Trinajstić information content (AvgIpc) is 2.80. The van der Waals surface area contributed by atoms with Crippen LogP contribution in [0.3, 0.4) is 0 Å². The molecule has 0 N–H and O–H groups in total. The van der Waals surface area contributed by atoms with Crippen LogP contribution in [0.15, 0.2) is 29.3 Å². The van der Waals surface area contributed by atoms with Gasteiger partial charge in [-0.25, -0.2) is 4.99 Å². The molecule has 2 aliphatic heterocycles. The van der Waals surface area contributed by atoms with E-state index in [0.717, 1.165) is 53.6 Å². The molecule has 2 aliphatic rings. The number of anilines is 1. The number of nitrogens with zero attached hydrogens (tertiary/aromatic N) is 4. The molecular formula is C19H16Cl2N4S. The number of allylic oxidation sites excluding steroid dienone is 2. The number of likely N-dealkylation sites (N-methyl/N-ethyl adjacent to an activating group) is 1. The van der Waals surface area contributed by atoms with E-state index in [1.165, 1.54) is 17.4 Å². The molecule has 0 saturated carbocycles. The van der Waals surface area contributed by atoms with Crippen LogP contribution in [-0.4, -0.2) is 38.1 Å². The zero-order chi connectivity index (χ0) is 18.3. The standard InChI is InChI=1S/C19H16Cl2N4S/c1-24-7-9-25(10-8-24)14-4-2-3-13-11-12(5-6-22)15-17(23-16(13)14)19(21)26-18(15)20/h2-5,11H,7-10H2,1H3/b12-5-. The van der Waals surface area contributed by atoms with Gasteiger partial charge in [0.1, 0.15) is 14.4 Å². The predicted octanol–water partition coefficient (Wildman–Crippen LogP) is 3.46. The second kappa shape index (κ2) is 7.05. The quantitative estimate of drug-likeness (QED) is 0.685. The van der Waals surface area contributed by atoms with E-state index in [1.807, 2.05) is 18.2 Å². The molecule has 2 aromatic rings. The maximum absolute atomic E-state index is 9.20. The summed E-state index contributed by atoms with van der Waals surface area (Å²) >= 11 is 14.1. The Morgan fingerprint density at radius 3 is 2.69 bits per heavy atom. The van der Waals surface area contributed by atoms with Gasteiger partial charge in [0.15, 0.2) is 0 Å². The van der Waals surface area contributed by atoms with Gasteiger partial charge >= 0.3 is 0 Å². The number of hydrogen-bond acceptors (Lipinski definition) is 5. The highest BCUT2D eigenvalue weighted by molar-refractivity contribution is 7.21. The molecule has 3 heterocycles. The fourth-order valence-corrected chi connectivity index (χ4v) is 4.98. The molecular weight excluding hydrogens is 387 g/mol. The van der Waals surface area contributed by atoms with Crippen molar-refractivity contribution in [1.29, 1.82) is 5.26 Å². The Labute approximate surface area is 165 Å². The highest BCUT2D eigenvalue weighted by Crippen LogP contribution is 2.46. The maximum atomic E-state index is 9.20. The van der Waals surface area contributed by atoms with Crippen LogP contribution in [0.4, 0.5) is 11.4 Å². The van der Waals surface area contributed by atoms with Crippen molar-refractivity contribution in [2.24, 2.45) is 4.99 Å². The van der Waals surface area contributed by atoms with Gasteiger partial charge in [-0.1, -0.05) is 35.3 Å². The highest BCUT2D eigenvalue weighted by Gasteiger charge is 2.22. The molecule has 26 heavy (non-hydrogen) atoms. The summed E-state index contributed by atoms with van der Waals surface area (Å²) in [4.78, 5) is 9.59. The molecule has 0 unspecified atom stereocenters. The summed E-state index contributed by atoms with van der Waals surface area (Å²) in [6.07, 6.45) is 3.48. The predicted molar refractivity (Wildman–Crippen MR) is 109 cm³/mol. The van der Waals surface area contributed by atoms with Crippen LogP contribution in [0, 0.1) is 11.3 Å². The molecule has 1 saturated heterocycles. The Hall–Kier alpha value is -1.84. The van der Waals surface area contributed by atoms with E-state index in [1.54, 1.807) is 0 Å². The minimum Gasteiger partial charge on any atom is -0.367 e. The Balaban J connectivity index is 1.98. The second-order valence-corrected chi connectivity index (χ2v) is 8.59. The summed E-state index contributed by atoms with van der Waals surface area (Å²) < 4.78 is 1.10. The van der Waals surface area contributed by atoms with E-state index < -0.39 is 0 Å². The van der Waals surface area contributed by atoms with E-state index in [9.17, 15) is 5.26 Å². The summed E-state index contributed by atoms with van der Waals surface area (Å²) in [6, 6.07) is 8.25. The van der Waals surface area contributed by atoms with Crippen LogP contribution in [0.2, 0.25) is 8.67 Å². The minimum atomic E-state index is 0.545. The summed E-state index contributed by atoms with van der Waals surface area (Å²) in [6.45, 7) is 3.94. The van der Waals surface area contributed by atoms with Gasteiger partial charge in [0.2, 0.25) is 0 Å². The molecule has 0 atom stereocenters. The fourth-order valence-electron chi connectivity index (χ4n) is 3.34. The number of nitriles is 1. The summed E-state index contributed by atoms with van der Waals surface area (Å²) in [7, 11) is 2.14. The monoisotopic (exact) mass is 402 g/mol. The molecule has 7 heteroatoms. The second-order valence-electron chi connectivity index (χ2n) is 6.36. The van der Waals surface area contributed by atoms with Gasteiger partial charge in [-0.15, -0.1) is 11.3 Å². The van der Waals surface area contributed by atoms with Crippen LogP contribution in [0.1, 0.15) is 5.56 Å². The van der Waals surface area contributed by atoms with Crippen molar-refractivity contribution >= 4 is 57.6 Å². The molecule has 0 bridgehead atoms. The van der Waals surface area contributed by atoms with Crippen LogP contribution in [-0.2, 0) is 0 Å². The Morgan fingerprint density at radius 1 is 1.19 bits per heavy atom. The lowest BCUT2D eigenvalue weighted by Crippen LogP contribution is -2.47. The van der Waals surface area contributed by atoms with Gasteiger partial charge in [0, 0.05) is 43.0 Å². The first-order valence-corrected chi connectivity index (χ1v) is 9.86. The molecule has 1 aromatic carbocycles. The Morgan fingerprint density at radius 2 is 1.96 bits per heavy atom. The summed E-state index contributed by atoms with van der Waals surface area (Å²) in [5.41, 5.74) is 3.23. The molecule has 0 amide bonds. The van der Waals surface area contributed by atoms with Crippen molar-refractivity contribution in [3.8, 4) is 6.07 Å². The Bertz CT molecular complexity index is 1060. The number of hydrogen-bond donors (Lipinski definition) is 0. The van der Waals surface area contributed by atoms with E-state index >= 15 is 0 Å². The third kappa shape index (κ3) is 3.04. The first-order chi connectivity index (χ1) is 12.6. The van der Waals surface area contributed by atoms with Crippen molar-refractivity contribution in [3.05, 3.63) is 49.1 Å². The molecule has 1 aromatic heterocycles. The van der Waals surface area contributed by atoms with Crippen molar-refractivity contribution in [2.75, 3.05) is 38.1 Å². The lowest BCUT2D eigenvalue weighted by molar-refractivity contribution is 0.312. The van der Waals surface area contributed by atoms with Crippen molar-refractivity contribution in [2.45, 2.75) is 0 Å². The number of piperazine rings is 1. The lowest BCUT2D eigenvalue weighted by atomic mass is 10.1. The van der Waals surface area contributed by atoms with Crippen LogP contribution < -0.4 is 15.5 Å². The van der Waals surface area contributed by atoms with Crippen molar-refractivity contribution in [3.63, 3.8) is 0 Å². The largest absolute Gasteiger partial charge is 0.367 e. The van der Waals surface area contributed by atoms with Gasteiger partial charge < -0.3 is 9.80 Å². The minimum absolute atomic E-state index is 0.545. The zero-order valence-electron chi connectivity index (χ0n) is 14.2. The number of benzene rings is 1. The van der Waals surface area contributed by atoms with Gasteiger partial charge in [0.05, 0.1) is 17.1 Å². The smallest absolute Gasteiger partial charge is 0.121 e. The molecule has 132 valence electrons. The highest BCUT2D eigenvalue weighted by atomic mass is 35.5. The zero-order valence-corrected chi connectivity index (χ0v) is 16.5. The number of thiophene rings is 1. The van der Waals surface area contributed by atoms with Crippen molar-refractivity contribution in [1.82, 2.24) is 4.90 Å². The van der Waals surface area contributed by atoms with E-state index in [2.05, 4.69) is 29.0 Å². The van der Waals surface area contributed by atoms with Crippen LogP contribution in [0.25, 0.3) is 11.6 Å². The van der Waals surface area contributed by atoms with Gasteiger partial charge in [-0.2, -0.15) is 5.26 Å². The first kappa shape index (κ1) is 17.6. The molecule has 0 spiro atoms.